The number of thiophene rings is 1. The molecule has 0 saturated carbocycles. The quantitative estimate of drug-likeness (QED) is 0.540. The molecule has 1 N–H and O–H groups in total. The van der Waals surface area contributed by atoms with Crippen molar-refractivity contribution in [1.82, 2.24) is 24.5 Å². The number of hydrogen-bond acceptors (Lipinski definition) is 6. The van der Waals surface area contributed by atoms with Crippen LogP contribution in [0.25, 0.3) is 23.0 Å². The highest BCUT2D eigenvalue weighted by Gasteiger charge is 2.12. The van der Waals surface area contributed by atoms with E-state index in [1.807, 2.05) is 53.2 Å². The SMILES string of the molecule is O=S(=O)(C=Cc1ccccc1)NCc1nnc2ccc(-c3ccsc3)nn12. The minimum atomic E-state index is -3.62. The van der Waals surface area contributed by atoms with Crippen molar-refractivity contribution >= 4 is 33.1 Å². The van der Waals surface area contributed by atoms with Gasteiger partial charge in [-0.2, -0.15) is 21.0 Å². The molecule has 0 amide bonds. The van der Waals surface area contributed by atoms with Gasteiger partial charge in [-0.15, -0.1) is 10.2 Å². The lowest BCUT2D eigenvalue weighted by molar-refractivity contribution is 0.587. The lowest BCUT2D eigenvalue weighted by atomic mass is 10.2. The third kappa shape index (κ3) is 4.11. The monoisotopic (exact) mass is 397 g/mol. The first-order chi connectivity index (χ1) is 13.1. The fourth-order valence-electron chi connectivity index (χ4n) is 2.45. The van der Waals surface area contributed by atoms with Gasteiger partial charge in [0, 0.05) is 16.4 Å². The first-order valence-corrected chi connectivity index (χ1v) is 10.6. The van der Waals surface area contributed by atoms with Crippen LogP contribution >= 0.6 is 11.3 Å². The van der Waals surface area contributed by atoms with Crippen molar-refractivity contribution in [3.63, 3.8) is 0 Å². The maximum atomic E-state index is 12.2. The molecule has 0 aliphatic heterocycles. The number of nitrogens with zero attached hydrogens (tertiary/aromatic N) is 4. The molecule has 0 fully saturated rings. The Bertz CT molecular complexity index is 1180. The molecule has 27 heavy (non-hydrogen) atoms. The Balaban J connectivity index is 1.53. The molecule has 0 atom stereocenters. The van der Waals surface area contributed by atoms with Crippen LogP contribution in [-0.2, 0) is 16.6 Å². The molecule has 0 saturated heterocycles. The second-order valence-corrected chi connectivity index (χ2v) is 8.13. The van der Waals surface area contributed by atoms with Crippen LogP contribution in [0.1, 0.15) is 11.4 Å². The van der Waals surface area contributed by atoms with Gasteiger partial charge in [0.25, 0.3) is 0 Å². The van der Waals surface area contributed by atoms with E-state index in [2.05, 4.69) is 20.0 Å². The molecule has 1 aromatic carbocycles. The highest BCUT2D eigenvalue weighted by atomic mass is 32.2. The molecular weight excluding hydrogens is 382 g/mol. The lowest BCUT2D eigenvalue weighted by Crippen LogP contribution is -2.22. The third-order valence-corrected chi connectivity index (χ3v) is 5.54. The Labute approximate surface area is 160 Å². The van der Waals surface area contributed by atoms with E-state index in [0.29, 0.717) is 11.5 Å². The van der Waals surface area contributed by atoms with Crippen LogP contribution in [-0.4, -0.2) is 28.2 Å². The predicted octanol–water partition coefficient (Wildman–Crippen LogP) is 2.94. The summed E-state index contributed by atoms with van der Waals surface area (Å²) in [6.07, 6.45) is 1.54. The summed E-state index contributed by atoms with van der Waals surface area (Å²) in [5.41, 5.74) is 3.13. The van der Waals surface area contributed by atoms with Crippen LogP contribution in [0.5, 0.6) is 0 Å². The maximum absolute atomic E-state index is 12.2. The van der Waals surface area contributed by atoms with Gasteiger partial charge in [-0.1, -0.05) is 30.3 Å². The van der Waals surface area contributed by atoms with E-state index in [4.69, 9.17) is 0 Å². The zero-order chi connectivity index (χ0) is 18.7. The van der Waals surface area contributed by atoms with E-state index < -0.39 is 10.0 Å². The number of sulfonamides is 1. The van der Waals surface area contributed by atoms with Crippen LogP contribution in [0.15, 0.2) is 64.7 Å². The Morgan fingerprint density at radius 1 is 1.07 bits per heavy atom. The van der Waals surface area contributed by atoms with Crippen LogP contribution in [0.2, 0.25) is 0 Å². The minimum absolute atomic E-state index is 0.0112. The van der Waals surface area contributed by atoms with Crippen molar-refractivity contribution in [3.05, 3.63) is 76.1 Å². The molecule has 0 aliphatic carbocycles. The molecule has 0 unspecified atom stereocenters. The molecule has 0 bridgehead atoms. The number of nitrogens with one attached hydrogen (secondary N) is 1. The Morgan fingerprint density at radius 3 is 2.70 bits per heavy atom. The lowest BCUT2D eigenvalue weighted by Gasteiger charge is -2.03. The molecule has 0 aliphatic rings. The van der Waals surface area contributed by atoms with Crippen molar-refractivity contribution in [2.24, 2.45) is 0 Å². The number of hydrogen-bond donors (Lipinski definition) is 1. The predicted molar refractivity (Wildman–Crippen MR) is 105 cm³/mol. The number of aromatic nitrogens is 4. The highest BCUT2D eigenvalue weighted by molar-refractivity contribution is 7.92. The van der Waals surface area contributed by atoms with Crippen LogP contribution in [0.3, 0.4) is 0 Å². The minimum Gasteiger partial charge on any atom is -0.208 e. The average Bonchev–Trinajstić information content (AvgIpc) is 3.35. The average molecular weight is 397 g/mol. The van der Waals surface area contributed by atoms with Crippen LogP contribution < -0.4 is 4.72 Å². The molecule has 4 rings (SSSR count). The summed E-state index contributed by atoms with van der Waals surface area (Å²) in [5.74, 6) is 0.416. The standard InChI is InChI=1S/C18H15N5O2S2/c24-27(25,11-9-14-4-2-1-3-5-14)19-12-18-21-20-17-7-6-16(22-23(17)18)15-8-10-26-13-15/h1-11,13,19H,12H2. The molecule has 7 nitrogen and oxygen atoms in total. The van der Waals surface area contributed by atoms with E-state index >= 15 is 0 Å². The van der Waals surface area contributed by atoms with Gasteiger partial charge in [0.2, 0.25) is 10.0 Å². The summed E-state index contributed by atoms with van der Waals surface area (Å²) in [4.78, 5) is 0. The molecule has 4 aromatic rings. The van der Waals surface area contributed by atoms with Crippen molar-refractivity contribution in [1.29, 1.82) is 0 Å². The summed E-state index contributed by atoms with van der Waals surface area (Å²) in [5, 5.41) is 17.7. The Morgan fingerprint density at radius 2 is 1.93 bits per heavy atom. The summed E-state index contributed by atoms with van der Waals surface area (Å²) in [6, 6.07) is 14.9. The van der Waals surface area contributed by atoms with Crippen molar-refractivity contribution in [2.75, 3.05) is 0 Å². The van der Waals surface area contributed by atoms with Crippen LogP contribution in [0, 0.1) is 0 Å². The first kappa shape index (κ1) is 17.5. The zero-order valence-corrected chi connectivity index (χ0v) is 15.7. The molecule has 3 aromatic heterocycles. The fraction of sp³-hybridized carbons (Fsp3) is 0.0556. The number of rotatable bonds is 6. The van der Waals surface area contributed by atoms with Gasteiger partial charge in [0.1, 0.15) is 0 Å². The molecule has 136 valence electrons. The second kappa shape index (κ2) is 7.39. The first-order valence-electron chi connectivity index (χ1n) is 8.07. The second-order valence-electron chi connectivity index (χ2n) is 5.70. The topological polar surface area (TPSA) is 89.2 Å². The highest BCUT2D eigenvalue weighted by Crippen LogP contribution is 2.20. The fourth-order valence-corrected chi connectivity index (χ4v) is 3.87. The van der Waals surface area contributed by atoms with Gasteiger partial charge in [0.15, 0.2) is 11.5 Å². The Kier molecular flexibility index (Phi) is 4.80. The summed E-state index contributed by atoms with van der Waals surface area (Å²) in [6.45, 7) is -0.0112. The summed E-state index contributed by atoms with van der Waals surface area (Å²) < 4.78 is 28.5. The largest absolute Gasteiger partial charge is 0.234 e. The Hall–Kier alpha value is -2.88. The molecule has 0 radical (unpaired) electrons. The van der Waals surface area contributed by atoms with E-state index in [-0.39, 0.29) is 6.54 Å². The van der Waals surface area contributed by atoms with Gasteiger partial charge in [-0.25, -0.2) is 13.1 Å². The van der Waals surface area contributed by atoms with Gasteiger partial charge in [0.05, 0.1) is 12.2 Å². The molecule has 3 heterocycles. The summed E-state index contributed by atoms with van der Waals surface area (Å²) >= 11 is 1.58. The van der Waals surface area contributed by atoms with E-state index in [1.54, 1.807) is 21.9 Å². The van der Waals surface area contributed by atoms with Crippen molar-refractivity contribution in [3.8, 4) is 11.3 Å². The maximum Gasteiger partial charge on any atom is 0.234 e. The summed E-state index contributed by atoms with van der Waals surface area (Å²) in [7, 11) is -3.62. The van der Waals surface area contributed by atoms with E-state index in [9.17, 15) is 8.42 Å². The molecule has 9 heteroatoms. The zero-order valence-electron chi connectivity index (χ0n) is 14.1. The van der Waals surface area contributed by atoms with Gasteiger partial charge in [-0.05, 0) is 35.2 Å². The van der Waals surface area contributed by atoms with Crippen molar-refractivity contribution < 1.29 is 8.42 Å². The van der Waals surface area contributed by atoms with E-state index in [1.165, 1.54) is 6.08 Å². The van der Waals surface area contributed by atoms with Crippen molar-refractivity contribution in [2.45, 2.75) is 6.54 Å². The smallest absolute Gasteiger partial charge is 0.208 e. The van der Waals surface area contributed by atoms with Gasteiger partial charge < -0.3 is 0 Å². The normalized spacial score (nSPS) is 12.1. The van der Waals surface area contributed by atoms with Crippen LogP contribution in [0.4, 0.5) is 0 Å². The van der Waals surface area contributed by atoms with E-state index in [0.717, 1.165) is 22.2 Å². The van der Waals surface area contributed by atoms with Gasteiger partial charge >= 0.3 is 0 Å². The van der Waals surface area contributed by atoms with Gasteiger partial charge in [-0.3, -0.25) is 0 Å². The molecule has 0 spiro atoms. The number of benzene rings is 1. The number of fused-ring (bicyclic) bond motifs is 1. The molecular formula is C18H15N5O2S2. The third-order valence-electron chi connectivity index (χ3n) is 3.82.